The summed E-state index contributed by atoms with van der Waals surface area (Å²) in [5, 5.41) is 11.3. The van der Waals surface area contributed by atoms with Crippen molar-refractivity contribution in [2.24, 2.45) is 0 Å². The second kappa shape index (κ2) is 9.74. The molecule has 2 fully saturated rings. The van der Waals surface area contributed by atoms with E-state index in [9.17, 15) is 4.79 Å². The van der Waals surface area contributed by atoms with Crippen LogP contribution >= 0.6 is 0 Å². The van der Waals surface area contributed by atoms with E-state index in [4.69, 9.17) is 6.42 Å². The van der Waals surface area contributed by atoms with Crippen LogP contribution in [0.25, 0.3) is 22.0 Å². The predicted molar refractivity (Wildman–Crippen MR) is 130 cm³/mol. The Balaban J connectivity index is 1.32. The Kier molecular flexibility index (Phi) is 6.38. The number of piperidine rings is 1. The van der Waals surface area contributed by atoms with Gasteiger partial charge in [0.05, 0.1) is 12.1 Å². The van der Waals surface area contributed by atoms with Crippen LogP contribution in [0.3, 0.4) is 0 Å². The van der Waals surface area contributed by atoms with Crippen molar-refractivity contribution in [3.05, 3.63) is 47.9 Å². The Morgan fingerprint density at radius 3 is 2.70 bits per heavy atom. The molecule has 7 nitrogen and oxygen atoms in total. The Morgan fingerprint density at radius 1 is 1.09 bits per heavy atom. The lowest BCUT2D eigenvalue weighted by Gasteiger charge is -2.30. The fraction of sp³-hybridized carbons (Fsp3) is 0.423. The van der Waals surface area contributed by atoms with Gasteiger partial charge in [-0.05, 0) is 68.1 Å². The highest BCUT2D eigenvalue weighted by Crippen LogP contribution is 2.26. The van der Waals surface area contributed by atoms with Crippen LogP contribution in [-0.4, -0.2) is 69.7 Å². The van der Waals surface area contributed by atoms with Gasteiger partial charge in [0.2, 0.25) is 0 Å². The maximum Gasteiger partial charge on any atom is 0.272 e. The molecule has 4 heterocycles. The Labute approximate surface area is 194 Å². The molecule has 5 rings (SSSR count). The van der Waals surface area contributed by atoms with E-state index in [-0.39, 0.29) is 11.9 Å². The van der Waals surface area contributed by atoms with Crippen molar-refractivity contribution in [2.45, 2.75) is 38.3 Å². The summed E-state index contributed by atoms with van der Waals surface area (Å²) in [6.45, 7) is 5.73. The summed E-state index contributed by atoms with van der Waals surface area (Å²) in [7, 11) is 0. The summed E-state index contributed by atoms with van der Waals surface area (Å²) in [4.78, 5) is 22.2. The number of aromatic nitrogens is 3. The maximum atomic E-state index is 13.0. The molecule has 0 saturated carbocycles. The first-order valence-corrected chi connectivity index (χ1v) is 11.8. The summed E-state index contributed by atoms with van der Waals surface area (Å²) in [5.41, 5.74) is 4.61. The third-order valence-corrected chi connectivity index (χ3v) is 6.75. The van der Waals surface area contributed by atoms with Gasteiger partial charge in [0.15, 0.2) is 5.69 Å². The molecular formula is C26H30N6O. The third-order valence-electron chi connectivity index (χ3n) is 6.75. The van der Waals surface area contributed by atoms with Gasteiger partial charge in [0.25, 0.3) is 5.91 Å². The van der Waals surface area contributed by atoms with Gasteiger partial charge < -0.3 is 5.32 Å². The maximum absolute atomic E-state index is 13.0. The van der Waals surface area contributed by atoms with E-state index in [0.29, 0.717) is 12.2 Å². The number of hydrogen-bond acceptors (Lipinski definition) is 5. The molecule has 33 heavy (non-hydrogen) atoms. The molecule has 7 heteroatoms. The number of carbonyl (C=O) groups is 1. The van der Waals surface area contributed by atoms with Crippen LogP contribution in [0.4, 0.5) is 0 Å². The van der Waals surface area contributed by atoms with E-state index in [1.807, 2.05) is 24.5 Å². The molecular weight excluding hydrogens is 412 g/mol. The number of amides is 1. The van der Waals surface area contributed by atoms with Gasteiger partial charge in [-0.2, -0.15) is 5.10 Å². The molecule has 1 amide bonds. The fourth-order valence-corrected chi connectivity index (χ4v) is 4.92. The van der Waals surface area contributed by atoms with Gasteiger partial charge in [-0.25, -0.2) is 0 Å². The minimum absolute atomic E-state index is 0.130. The van der Waals surface area contributed by atoms with Crippen LogP contribution in [0.2, 0.25) is 0 Å². The molecule has 0 bridgehead atoms. The standard InChI is InChI=1S/C26H30N6O/c1-2-9-31-12-7-22(8-13-31)28-26(33)25-23-15-20(5-6-24(23)29-30-25)21-14-19(16-27-17-21)18-32-10-3-4-11-32/h1,5-6,14-17,22H,3-4,7-13,18H2,(H,28,33)(H,29,30). The molecule has 0 spiro atoms. The van der Waals surface area contributed by atoms with Crippen LogP contribution in [0.15, 0.2) is 36.7 Å². The number of terminal acetylenes is 1. The van der Waals surface area contributed by atoms with Gasteiger partial charge in [-0.3, -0.25) is 24.7 Å². The van der Waals surface area contributed by atoms with Crippen molar-refractivity contribution in [2.75, 3.05) is 32.7 Å². The fourth-order valence-electron chi connectivity index (χ4n) is 4.92. The molecule has 2 N–H and O–H groups in total. The van der Waals surface area contributed by atoms with E-state index in [1.54, 1.807) is 0 Å². The second-order valence-electron chi connectivity index (χ2n) is 9.13. The number of benzene rings is 1. The zero-order valence-electron chi connectivity index (χ0n) is 18.9. The van der Waals surface area contributed by atoms with E-state index >= 15 is 0 Å². The van der Waals surface area contributed by atoms with Crippen LogP contribution < -0.4 is 5.32 Å². The Hall–Kier alpha value is -3.21. The highest BCUT2D eigenvalue weighted by atomic mass is 16.2. The number of H-pyrrole nitrogens is 1. The summed E-state index contributed by atoms with van der Waals surface area (Å²) in [5.74, 6) is 2.56. The van der Waals surface area contributed by atoms with Gasteiger partial charge in [0.1, 0.15) is 0 Å². The molecule has 0 atom stereocenters. The number of nitrogens with one attached hydrogen (secondary N) is 2. The van der Waals surface area contributed by atoms with Gasteiger partial charge in [0, 0.05) is 49.0 Å². The van der Waals surface area contributed by atoms with Crippen molar-refractivity contribution < 1.29 is 4.79 Å². The number of likely N-dealkylation sites (tertiary alicyclic amines) is 2. The number of fused-ring (bicyclic) bond motifs is 1. The lowest BCUT2D eigenvalue weighted by Crippen LogP contribution is -2.44. The van der Waals surface area contributed by atoms with E-state index in [2.05, 4.69) is 48.4 Å². The molecule has 2 aliphatic rings. The zero-order valence-corrected chi connectivity index (χ0v) is 18.9. The number of nitrogens with zero attached hydrogens (tertiary/aromatic N) is 4. The first-order valence-electron chi connectivity index (χ1n) is 11.8. The Bertz CT molecular complexity index is 1160. The minimum Gasteiger partial charge on any atom is -0.348 e. The number of carbonyl (C=O) groups excluding carboxylic acids is 1. The monoisotopic (exact) mass is 442 g/mol. The number of pyridine rings is 1. The van der Waals surface area contributed by atoms with Crippen molar-refractivity contribution in [3.8, 4) is 23.5 Å². The molecule has 1 aromatic carbocycles. The molecule has 0 radical (unpaired) electrons. The van der Waals surface area contributed by atoms with Crippen molar-refractivity contribution >= 4 is 16.8 Å². The highest BCUT2D eigenvalue weighted by molar-refractivity contribution is 6.05. The quantitative estimate of drug-likeness (QED) is 0.574. The largest absolute Gasteiger partial charge is 0.348 e. The smallest absolute Gasteiger partial charge is 0.272 e. The van der Waals surface area contributed by atoms with Gasteiger partial charge >= 0.3 is 0 Å². The summed E-state index contributed by atoms with van der Waals surface area (Å²) >= 11 is 0. The number of rotatable bonds is 6. The second-order valence-corrected chi connectivity index (χ2v) is 9.13. The third kappa shape index (κ3) is 4.92. The van der Waals surface area contributed by atoms with Crippen LogP contribution in [-0.2, 0) is 6.54 Å². The molecule has 0 unspecified atom stereocenters. The molecule has 0 aliphatic carbocycles. The van der Waals surface area contributed by atoms with E-state index < -0.39 is 0 Å². The molecule has 2 saturated heterocycles. The van der Waals surface area contributed by atoms with Crippen LogP contribution in [0, 0.1) is 12.3 Å². The molecule has 2 aromatic heterocycles. The number of aromatic amines is 1. The zero-order chi connectivity index (χ0) is 22.6. The normalized spacial score (nSPS) is 17.9. The van der Waals surface area contributed by atoms with Crippen molar-refractivity contribution in [1.29, 1.82) is 0 Å². The number of hydrogen-bond donors (Lipinski definition) is 2. The van der Waals surface area contributed by atoms with Crippen LogP contribution in [0.5, 0.6) is 0 Å². The van der Waals surface area contributed by atoms with Crippen LogP contribution in [0.1, 0.15) is 41.7 Å². The van der Waals surface area contributed by atoms with E-state index in [0.717, 1.165) is 67.6 Å². The van der Waals surface area contributed by atoms with Crippen molar-refractivity contribution in [3.63, 3.8) is 0 Å². The van der Waals surface area contributed by atoms with Crippen molar-refractivity contribution in [1.82, 2.24) is 30.3 Å². The minimum atomic E-state index is -0.130. The SMILES string of the molecule is C#CCN1CCC(NC(=O)c2n[nH]c3ccc(-c4cncc(CN5CCCC5)c4)cc23)CC1. The average Bonchev–Trinajstić information content (AvgIpc) is 3.50. The lowest BCUT2D eigenvalue weighted by molar-refractivity contribution is 0.0911. The summed E-state index contributed by atoms with van der Waals surface area (Å²) in [6.07, 6.45) is 13.6. The molecule has 2 aliphatic heterocycles. The van der Waals surface area contributed by atoms with E-state index in [1.165, 1.54) is 18.4 Å². The topological polar surface area (TPSA) is 77.1 Å². The molecule has 170 valence electrons. The summed E-state index contributed by atoms with van der Waals surface area (Å²) < 4.78 is 0. The summed E-state index contributed by atoms with van der Waals surface area (Å²) in [6, 6.07) is 8.43. The van der Waals surface area contributed by atoms with Gasteiger partial charge in [-0.1, -0.05) is 12.0 Å². The average molecular weight is 443 g/mol. The predicted octanol–water partition coefficient (Wildman–Crippen LogP) is 3.05. The lowest BCUT2D eigenvalue weighted by atomic mass is 10.0. The Morgan fingerprint density at radius 2 is 1.91 bits per heavy atom. The molecule has 3 aromatic rings. The first-order chi connectivity index (χ1) is 16.2. The van der Waals surface area contributed by atoms with Gasteiger partial charge in [-0.15, -0.1) is 6.42 Å². The highest BCUT2D eigenvalue weighted by Gasteiger charge is 2.23. The first kappa shape index (κ1) is 21.6.